The highest BCUT2D eigenvalue weighted by molar-refractivity contribution is 5.91. The van der Waals surface area contributed by atoms with Crippen LogP contribution in [0.5, 0.6) is 5.75 Å². The maximum Gasteiger partial charge on any atom is 0.338 e. The third-order valence-corrected chi connectivity index (χ3v) is 8.73. The van der Waals surface area contributed by atoms with Gasteiger partial charge in [-0.25, -0.2) is 9.18 Å². The molecule has 7 heteroatoms. The number of aromatic amines is 1. The van der Waals surface area contributed by atoms with Crippen molar-refractivity contribution in [3.05, 3.63) is 172 Å². The summed E-state index contributed by atoms with van der Waals surface area (Å²) in [7, 11) is 1.66. The standard InChI is InChI=1S/C40H31FN2O4/c1-43-34-17-8-6-15-32(34)38(44)36(39(43)45)35(28-12-9-13-29(41)24-28)37-31(30-14-5-7-16-33(30)42-37)22-23-47-40(46)27-20-18-26(19-21-27)25-10-3-2-4-11-25/h2-21,24,35,42,44H,22-23H2,1H3. The second kappa shape index (κ2) is 12.4. The Kier molecular flexibility index (Phi) is 7.88. The van der Waals surface area contributed by atoms with Crippen LogP contribution in [0.1, 0.15) is 38.7 Å². The third kappa shape index (κ3) is 5.57. The molecule has 47 heavy (non-hydrogen) atoms. The Balaban J connectivity index is 1.27. The van der Waals surface area contributed by atoms with Gasteiger partial charge in [-0.2, -0.15) is 0 Å². The summed E-state index contributed by atoms with van der Waals surface area (Å²) >= 11 is 0. The Morgan fingerprint density at radius 3 is 2.28 bits per heavy atom. The van der Waals surface area contributed by atoms with Crippen molar-refractivity contribution >= 4 is 27.8 Å². The number of aromatic nitrogens is 2. The first-order valence-electron chi connectivity index (χ1n) is 15.4. The van der Waals surface area contributed by atoms with Gasteiger partial charge in [0.15, 0.2) is 0 Å². The molecule has 0 amide bonds. The molecule has 1 atom stereocenters. The maximum absolute atomic E-state index is 14.8. The summed E-state index contributed by atoms with van der Waals surface area (Å²) in [5.41, 5.74) is 5.51. The van der Waals surface area contributed by atoms with Crippen LogP contribution in [0.4, 0.5) is 4.39 Å². The summed E-state index contributed by atoms with van der Waals surface area (Å²) in [5.74, 6) is -1.92. The number of esters is 1. The highest BCUT2D eigenvalue weighted by atomic mass is 19.1. The van der Waals surface area contributed by atoms with Crippen molar-refractivity contribution in [3.8, 4) is 16.9 Å². The minimum absolute atomic E-state index is 0.0612. The zero-order chi connectivity index (χ0) is 32.5. The number of carbonyl (C=O) groups is 1. The zero-order valence-electron chi connectivity index (χ0n) is 25.6. The highest BCUT2D eigenvalue weighted by Crippen LogP contribution is 2.41. The largest absolute Gasteiger partial charge is 0.507 e. The Bertz CT molecular complexity index is 2310. The van der Waals surface area contributed by atoms with Crippen molar-refractivity contribution in [2.45, 2.75) is 12.3 Å². The number of H-pyrrole nitrogens is 1. The highest BCUT2D eigenvalue weighted by Gasteiger charge is 2.30. The van der Waals surface area contributed by atoms with Crippen molar-refractivity contribution in [2.24, 2.45) is 7.05 Å². The van der Waals surface area contributed by atoms with E-state index in [1.807, 2.05) is 66.7 Å². The molecule has 7 rings (SSSR count). The molecule has 0 bridgehead atoms. The van der Waals surface area contributed by atoms with Gasteiger partial charge in [0.2, 0.25) is 0 Å². The molecule has 0 saturated heterocycles. The summed E-state index contributed by atoms with van der Waals surface area (Å²) < 4.78 is 22.0. The van der Waals surface area contributed by atoms with Gasteiger partial charge < -0.3 is 19.4 Å². The molecule has 2 aromatic heterocycles. The number of hydrogen-bond donors (Lipinski definition) is 2. The lowest BCUT2D eigenvalue weighted by Crippen LogP contribution is -2.25. The third-order valence-electron chi connectivity index (χ3n) is 8.73. The van der Waals surface area contributed by atoms with Crippen LogP contribution in [0.15, 0.2) is 132 Å². The number of aryl methyl sites for hydroxylation is 1. The van der Waals surface area contributed by atoms with Crippen LogP contribution in [0.25, 0.3) is 32.9 Å². The number of benzene rings is 5. The Hall–Kier alpha value is -5.95. The molecule has 0 fully saturated rings. The van der Waals surface area contributed by atoms with Crippen LogP contribution in [0, 0.1) is 5.82 Å². The van der Waals surface area contributed by atoms with Gasteiger partial charge in [-0.15, -0.1) is 0 Å². The maximum atomic E-state index is 14.8. The topological polar surface area (TPSA) is 84.3 Å². The van der Waals surface area contributed by atoms with Gasteiger partial charge in [0.1, 0.15) is 11.6 Å². The average molecular weight is 623 g/mol. The van der Waals surface area contributed by atoms with Crippen LogP contribution in [0.3, 0.4) is 0 Å². The van der Waals surface area contributed by atoms with Gasteiger partial charge in [-0.1, -0.05) is 84.9 Å². The molecule has 0 saturated carbocycles. The fourth-order valence-electron chi connectivity index (χ4n) is 6.42. The number of pyridine rings is 1. The normalized spacial score (nSPS) is 12.0. The molecule has 0 aliphatic carbocycles. The lowest BCUT2D eigenvalue weighted by Gasteiger charge is -2.22. The molecule has 7 aromatic rings. The Morgan fingerprint density at radius 1 is 0.830 bits per heavy atom. The van der Waals surface area contributed by atoms with Crippen molar-refractivity contribution in [1.29, 1.82) is 0 Å². The summed E-state index contributed by atoms with van der Waals surface area (Å²) in [4.78, 5) is 30.6. The van der Waals surface area contributed by atoms with Crippen LogP contribution in [-0.4, -0.2) is 27.2 Å². The molecule has 0 aliphatic rings. The molecule has 2 heterocycles. The number of halogens is 1. The van der Waals surface area contributed by atoms with E-state index in [2.05, 4.69) is 4.98 Å². The Morgan fingerprint density at radius 2 is 1.51 bits per heavy atom. The van der Waals surface area contributed by atoms with Crippen molar-refractivity contribution in [2.75, 3.05) is 6.61 Å². The lowest BCUT2D eigenvalue weighted by molar-refractivity contribution is 0.0509. The van der Waals surface area contributed by atoms with Gasteiger partial charge in [0.25, 0.3) is 5.56 Å². The number of rotatable bonds is 8. The van der Waals surface area contributed by atoms with Gasteiger partial charge in [-0.05, 0) is 64.7 Å². The number of hydrogen-bond acceptors (Lipinski definition) is 4. The number of ether oxygens (including phenoxy) is 1. The van der Waals surface area contributed by atoms with E-state index in [-0.39, 0.29) is 17.9 Å². The van der Waals surface area contributed by atoms with E-state index < -0.39 is 23.3 Å². The average Bonchev–Trinajstić information content (AvgIpc) is 3.47. The van der Waals surface area contributed by atoms with Crippen LogP contribution in [-0.2, 0) is 18.2 Å². The van der Waals surface area contributed by atoms with E-state index in [0.717, 1.165) is 27.6 Å². The van der Waals surface area contributed by atoms with Crippen molar-refractivity contribution in [1.82, 2.24) is 9.55 Å². The molecule has 0 radical (unpaired) electrons. The molecule has 232 valence electrons. The fraction of sp³-hybridized carbons (Fsp3) is 0.100. The quantitative estimate of drug-likeness (QED) is 0.168. The van der Waals surface area contributed by atoms with E-state index in [9.17, 15) is 19.1 Å². The van der Waals surface area contributed by atoms with E-state index in [4.69, 9.17) is 4.74 Å². The van der Waals surface area contributed by atoms with E-state index in [1.54, 1.807) is 55.6 Å². The van der Waals surface area contributed by atoms with Gasteiger partial charge in [0, 0.05) is 35.5 Å². The molecular formula is C40H31FN2O4. The molecule has 2 N–H and O–H groups in total. The second-order valence-corrected chi connectivity index (χ2v) is 11.5. The zero-order valence-corrected chi connectivity index (χ0v) is 25.6. The first-order chi connectivity index (χ1) is 22.9. The summed E-state index contributed by atoms with van der Waals surface area (Å²) in [6.07, 6.45) is 0.313. The number of fused-ring (bicyclic) bond motifs is 2. The predicted molar refractivity (Wildman–Crippen MR) is 182 cm³/mol. The van der Waals surface area contributed by atoms with Gasteiger partial charge >= 0.3 is 5.97 Å². The number of carbonyl (C=O) groups excluding carboxylic acids is 1. The minimum atomic E-state index is -0.849. The first kappa shape index (κ1) is 29.7. The first-order valence-corrected chi connectivity index (χ1v) is 15.4. The predicted octanol–water partition coefficient (Wildman–Crippen LogP) is 8.11. The van der Waals surface area contributed by atoms with Gasteiger partial charge in [0.05, 0.1) is 29.2 Å². The fourth-order valence-corrected chi connectivity index (χ4v) is 6.42. The van der Waals surface area contributed by atoms with Crippen LogP contribution >= 0.6 is 0 Å². The molecular weight excluding hydrogens is 591 g/mol. The van der Waals surface area contributed by atoms with Crippen molar-refractivity contribution in [3.63, 3.8) is 0 Å². The Labute approximate surface area is 270 Å². The lowest BCUT2D eigenvalue weighted by atomic mass is 9.85. The van der Waals surface area contributed by atoms with E-state index >= 15 is 0 Å². The van der Waals surface area contributed by atoms with Crippen LogP contribution < -0.4 is 5.56 Å². The number of aromatic hydroxyl groups is 1. The molecule has 0 aliphatic heterocycles. The molecule has 6 nitrogen and oxygen atoms in total. The van der Waals surface area contributed by atoms with Gasteiger partial charge in [-0.3, -0.25) is 4.79 Å². The smallest absolute Gasteiger partial charge is 0.338 e. The number of para-hydroxylation sites is 2. The SMILES string of the molecule is Cn1c(=O)c(C(c2cccc(F)c2)c2[nH]c3ccccc3c2CCOC(=O)c2ccc(-c3ccccc3)cc2)c(O)c2ccccc21. The molecule has 1 unspecified atom stereocenters. The summed E-state index contributed by atoms with van der Waals surface area (Å²) in [6, 6.07) is 38.1. The summed E-state index contributed by atoms with van der Waals surface area (Å²) in [5, 5.41) is 13.0. The van der Waals surface area contributed by atoms with Crippen molar-refractivity contribution < 1.29 is 19.0 Å². The molecule has 5 aromatic carbocycles. The van der Waals surface area contributed by atoms with E-state index in [1.165, 1.54) is 16.7 Å². The molecule has 0 spiro atoms. The van der Waals surface area contributed by atoms with Crippen LogP contribution in [0.2, 0.25) is 0 Å². The number of nitrogens with zero attached hydrogens (tertiary/aromatic N) is 1. The number of nitrogens with one attached hydrogen (secondary N) is 1. The summed E-state index contributed by atoms with van der Waals surface area (Å²) in [6.45, 7) is 0.0612. The monoisotopic (exact) mass is 622 g/mol. The second-order valence-electron chi connectivity index (χ2n) is 11.5. The minimum Gasteiger partial charge on any atom is -0.507 e. The van der Waals surface area contributed by atoms with E-state index in [0.29, 0.717) is 34.1 Å².